The fraction of sp³-hybridized carbons (Fsp3) is 0.579. The minimum absolute atomic E-state index is 0.615. The van der Waals surface area contributed by atoms with Crippen molar-refractivity contribution in [2.24, 2.45) is 5.92 Å². The van der Waals surface area contributed by atoms with E-state index in [0.29, 0.717) is 5.92 Å². The van der Waals surface area contributed by atoms with Gasteiger partial charge in [-0.3, -0.25) is 0 Å². The van der Waals surface area contributed by atoms with E-state index >= 15 is 0 Å². The maximum Gasteiger partial charge on any atom is 0.0391 e. The van der Waals surface area contributed by atoms with Gasteiger partial charge < -0.3 is 0 Å². The third-order valence-electron chi connectivity index (χ3n) is 4.81. The van der Waals surface area contributed by atoms with E-state index in [1.807, 2.05) is 11.3 Å². The predicted octanol–water partition coefficient (Wildman–Crippen LogP) is 6.42. The number of allylic oxidation sites excluding steroid dienone is 3. The van der Waals surface area contributed by atoms with Crippen molar-refractivity contribution in [3.63, 3.8) is 0 Å². The SMILES string of the molecule is CCCCC1=C(S)C(c2scc3c2CCCC3)=C1C(C)C. The number of thiol groups is 1. The van der Waals surface area contributed by atoms with Gasteiger partial charge in [-0.05, 0) is 72.1 Å². The molecule has 0 atom stereocenters. The smallest absolute Gasteiger partial charge is 0.0391 e. The van der Waals surface area contributed by atoms with Crippen LogP contribution >= 0.6 is 24.0 Å². The number of fused-ring (bicyclic) bond motifs is 1. The van der Waals surface area contributed by atoms with E-state index in [4.69, 9.17) is 12.6 Å². The quantitative estimate of drug-likeness (QED) is 0.595. The zero-order valence-corrected chi connectivity index (χ0v) is 15.2. The Hall–Kier alpha value is -0.470. The number of aryl methyl sites for hydroxylation is 1. The van der Waals surface area contributed by atoms with Crippen molar-refractivity contribution in [2.45, 2.75) is 65.7 Å². The number of hydrogen-bond donors (Lipinski definition) is 1. The molecule has 2 aliphatic rings. The van der Waals surface area contributed by atoms with Gasteiger partial charge in [0.1, 0.15) is 0 Å². The number of thiophene rings is 1. The molecule has 2 heteroatoms. The zero-order chi connectivity index (χ0) is 15.0. The molecule has 1 aromatic heterocycles. The molecular weight excluding hydrogens is 292 g/mol. The largest absolute Gasteiger partial charge is 0.143 e. The highest BCUT2D eigenvalue weighted by atomic mass is 32.1. The summed E-state index contributed by atoms with van der Waals surface area (Å²) in [6.07, 6.45) is 9.03. The third-order valence-corrected chi connectivity index (χ3v) is 6.39. The Morgan fingerprint density at radius 2 is 2.00 bits per heavy atom. The van der Waals surface area contributed by atoms with Gasteiger partial charge in [0.25, 0.3) is 0 Å². The molecule has 0 bridgehead atoms. The van der Waals surface area contributed by atoms with Crippen molar-refractivity contribution in [1.82, 2.24) is 0 Å². The van der Waals surface area contributed by atoms with Gasteiger partial charge in [0, 0.05) is 15.4 Å². The van der Waals surface area contributed by atoms with Crippen molar-refractivity contribution in [3.05, 3.63) is 37.4 Å². The second-order valence-corrected chi connectivity index (χ2v) is 7.98. The third kappa shape index (κ3) is 2.66. The average Bonchev–Trinajstić information content (AvgIpc) is 2.88. The molecule has 0 aromatic carbocycles. The summed E-state index contributed by atoms with van der Waals surface area (Å²) in [5.41, 5.74) is 7.89. The summed E-state index contributed by atoms with van der Waals surface area (Å²) in [5.74, 6) is 0.615. The number of hydrogen-bond acceptors (Lipinski definition) is 2. The van der Waals surface area contributed by atoms with Crippen molar-refractivity contribution in [2.75, 3.05) is 0 Å². The summed E-state index contributed by atoms with van der Waals surface area (Å²) in [4.78, 5) is 2.83. The monoisotopic (exact) mass is 318 g/mol. The maximum atomic E-state index is 4.88. The van der Waals surface area contributed by atoms with Crippen LogP contribution in [0.2, 0.25) is 0 Å². The molecule has 0 saturated carbocycles. The van der Waals surface area contributed by atoms with Crippen LogP contribution in [0.3, 0.4) is 0 Å². The van der Waals surface area contributed by atoms with E-state index in [9.17, 15) is 0 Å². The van der Waals surface area contributed by atoms with Gasteiger partial charge in [-0.1, -0.05) is 27.2 Å². The Morgan fingerprint density at radius 3 is 2.71 bits per heavy atom. The minimum Gasteiger partial charge on any atom is -0.143 e. The van der Waals surface area contributed by atoms with Gasteiger partial charge in [0.15, 0.2) is 0 Å². The predicted molar refractivity (Wildman–Crippen MR) is 98.3 cm³/mol. The molecule has 0 N–H and O–H groups in total. The molecular formula is C19H26S2. The second kappa shape index (κ2) is 6.34. The molecule has 0 saturated heterocycles. The Bertz CT molecular complexity index is 599. The Balaban J connectivity index is 1.97. The number of unbranched alkanes of at least 4 members (excludes halogenated alkanes) is 1. The molecule has 1 heterocycles. The molecule has 0 nitrogen and oxygen atoms in total. The van der Waals surface area contributed by atoms with Crippen LogP contribution in [0, 0.1) is 5.92 Å². The van der Waals surface area contributed by atoms with Crippen LogP contribution in [-0.2, 0) is 12.8 Å². The minimum atomic E-state index is 0.615. The Morgan fingerprint density at radius 1 is 1.24 bits per heavy atom. The number of rotatable bonds is 5. The molecule has 2 aliphatic carbocycles. The van der Waals surface area contributed by atoms with Gasteiger partial charge in [-0.2, -0.15) is 0 Å². The van der Waals surface area contributed by atoms with E-state index in [2.05, 4.69) is 26.2 Å². The van der Waals surface area contributed by atoms with E-state index in [-0.39, 0.29) is 0 Å². The van der Waals surface area contributed by atoms with E-state index < -0.39 is 0 Å². The van der Waals surface area contributed by atoms with Crippen LogP contribution in [-0.4, -0.2) is 0 Å². The lowest BCUT2D eigenvalue weighted by Gasteiger charge is -2.32. The standard InChI is InChI=1S/C19H26S2/c1-4-5-9-15-16(12(2)3)17(18(15)20)19-14-10-7-6-8-13(14)11-21-19/h11-12,20H,4-10H2,1-3H3. The highest BCUT2D eigenvalue weighted by molar-refractivity contribution is 7.85. The summed E-state index contributed by atoms with van der Waals surface area (Å²) >= 11 is 6.84. The molecule has 1 aromatic rings. The van der Waals surface area contributed by atoms with Crippen LogP contribution in [0.5, 0.6) is 0 Å². The van der Waals surface area contributed by atoms with Crippen molar-refractivity contribution >= 4 is 29.5 Å². The fourth-order valence-electron chi connectivity index (χ4n) is 3.70. The van der Waals surface area contributed by atoms with Gasteiger partial charge in [0.05, 0.1) is 0 Å². The molecule has 0 unspecified atom stereocenters. The van der Waals surface area contributed by atoms with Crippen LogP contribution < -0.4 is 0 Å². The van der Waals surface area contributed by atoms with Crippen LogP contribution in [0.4, 0.5) is 0 Å². The topological polar surface area (TPSA) is 0 Å². The van der Waals surface area contributed by atoms with Gasteiger partial charge >= 0.3 is 0 Å². The fourth-order valence-corrected chi connectivity index (χ4v) is 5.46. The summed E-state index contributed by atoms with van der Waals surface area (Å²) in [6.45, 7) is 6.94. The van der Waals surface area contributed by atoms with E-state index in [1.54, 1.807) is 27.2 Å². The molecule has 0 radical (unpaired) electrons. The van der Waals surface area contributed by atoms with E-state index in [1.165, 1.54) is 55.4 Å². The lowest BCUT2D eigenvalue weighted by molar-refractivity contribution is 0.688. The first-order valence-electron chi connectivity index (χ1n) is 8.41. The summed E-state index contributed by atoms with van der Waals surface area (Å²) < 4.78 is 0. The summed E-state index contributed by atoms with van der Waals surface area (Å²) in [6, 6.07) is 0. The molecule has 114 valence electrons. The lowest BCUT2D eigenvalue weighted by Crippen LogP contribution is -2.14. The average molecular weight is 319 g/mol. The Kier molecular flexibility index (Phi) is 4.66. The van der Waals surface area contributed by atoms with Crippen LogP contribution in [0.25, 0.3) is 5.57 Å². The first-order valence-corrected chi connectivity index (χ1v) is 9.74. The van der Waals surface area contributed by atoms with E-state index in [0.717, 1.165) is 0 Å². The summed E-state index contributed by atoms with van der Waals surface area (Å²) in [7, 11) is 0. The second-order valence-electron chi connectivity index (χ2n) is 6.65. The van der Waals surface area contributed by atoms with Gasteiger partial charge in [-0.25, -0.2) is 0 Å². The maximum absolute atomic E-state index is 4.88. The molecule has 0 amide bonds. The summed E-state index contributed by atoms with van der Waals surface area (Å²) in [5, 5.41) is 2.40. The van der Waals surface area contributed by atoms with Crippen molar-refractivity contribution in [3.8, 4) is 0 Å². The first-order chi connectivity index (χ1) is 10.1. The normalized spacial score (nSPS) is 18.3. The zero-order valence-electron chi connectivity index (χ0n) is 13.5. The van der Waals surface area contributed by atoms with Crippen LogP contribution in [0.15, 0.2) is 21.4 Å². The van der Waals surface area contributed by atoms with Crippen LogP contribution in [0.1, 0.15) is 68.9 Å². The highest BCUT2D eigenvalue weighted by Gasteiger charge is 2.32. The first kappa shape index (κ1) is 15.4. The highest BCUT2D eigenvalue weighted by Crippen LogP contribution is 2.52. The molecule has 0 fully saturated rings. The molecule has 0 aliphatic heterocycles. The van der Waals surface area contributed by atoms with Crippen molar-refractivity contribution in [1.29, 1.82) is 0 Å². The molecule has 3 rings (SSSR count). The van der Waals surface area contributed by atoms with Crippen molar-refractivity contribution < 1.29 is 0 Å². The van der Waals surface area contributed by atoms with Gasteiger partial charge in [0.2, 0.25) is 0 Å². The molecule has 21 heavy (non-hydrogen) atoms. The van der Waals surface area contributed by atoms with Gasteiger partial charge in [-0.15, -0.1) is 24.0 Å². The molecule has 0 spiro atoms. The Labute approximate surface area is 138 Å². The lowest BCUT2D eigenvalue weighted by atomic mass is 9.77.